The van der Waals surface area contributed by atoms with E-state index >= 15 is 0 Å². The minimum absolute atomic E-state index is 0.0902. The molecule has 1 saturated heterocycles. The van der Waals surface area contributed by atoms with E-state index in [1.807, 2.05) is 6.92 Å². The Balaban J connectivity index is 2.23. The number of morpholine rings is 1. The number of nitrogens with one attached hydrogen (secondary N) is 1. The maximum absolute atomic E-state index is 11.7. The van der Waals surface area contributed by atoms with Gasteiger partial charge in [0.1, 0.15) is 6.10 Å². The molecule has 2 unspecified atom stereocenters. The molecule has 1 aromatic carbocycles. The summed E-state index contributed by atoms with van der Waals surface area (Å²) < 4.78 is 21.6. The fraction of sp³-hybridized carbons (Fsp3) is 0.562. The second-order valence-corrected chi connectivity index (χ2v) is 5.28. The minimum Gasteiger partial charge on any atom is -0.493 e. The van der Waals surface area contributed by atoms with E-state index in [1.165, 1.54) is 20.3 Å². The first-order valence-corrected chi connectivity index (χ1v) is 7.64. The van der Waals surface area contributed by atoms with Crippen LogP contribution in [0.25, 0.3) is 0 Å². The maximum atomic E-state index is 11.7. The first-order valence-electron chi connectivity index (χ1n) is 7.64. The molecule has 0 spiro atoms. The number of anilines is 1. The number of nitrogen functional groups attached to an aromatic ring is 1. The zero-order chi connectivity index (χ0) is 16.8. The molecule has 0 aliphatic carbocycles. The average molecular weight is 324 g/mol. The van der Waals surface area contributed by atoms with Crippen molar-refractivity contribution in [3.05, 3.63) is 17.7 Å². The Morgan fingerprint density at radius 2 is 2.22 bits per heavy atom. The van der Waals surface area contributed by atoms with Crippen LogP contribution in [-0.4, -0.2) is 52.1 Å². The summed E-state index contributed by atoms with van der Waals surface area (Å²) in [6.07, 6.45) is 0.704. The molecule has 1 aliphatic rings. The number of esters is 1. The van der Waals surface area contributed by atoms with Crippen LogP contribution >= 0.6 is 0 Å². The molecule has 2 rings (SSSR count). The zero-order valence-electron chi connectivity index (χ0n) is 13.8. The Bertz CT molecular complexity index is 544. The average Bonchev–Trinajstić information content (AvgIpc) is 2.59. The first kappa shape index (κ1) is 17.4. The molecule has 2 atom stereocenters. The highest BCUT2D eigenvalue weighted by Crippen LogP contribution is 2.34. The lowest BCUT2D eigenvalue weighted by Gasteiger charge is -2.31. The third-order valence-electron chi connectivity index (χ3n) is 3.82. The Hall–Kier alpha value is -1.99. The van der Waals surface area contributed by atoms with Crippen LogP contribution < -0.4 is 20.5 Å². The number of nitrogens with two attached hydrogens (primary N) is 1. The van der Waals surface area contributed by atoms with E-state index in [-0.39, 0.29) is 23.4 Å². The Kier molecular flexibility index (Phi) is 6.06. The van der Waals surface area contributed by atoms with E-state index in [0.29, 0.717) is 24.7 Å². The Morgan fingerprint density at radius 1 is 1.43 bits per heavy atom. The summed E-state index contributed by atoms with van der Waals surface area (Å²) >= 11 is 0. The topological polar surface area (TPSA) is 92.0 Å². The second kappa shape index (κ2) is 8.03. The van der Waals surface area contributed by atoms with Crippen LogP contribution in [0.5, 0.6) is 11.5 Å². The molecular formula is C16H24N2O5. The highest BCUT2D eigenvalue weighted by molar-refractivity contribution is 5.96. The minimum atomic E-state index is -0.512. The van der Waals surface area contributed by atoms with Crippen LogP contribution in [0.1, 0.15) is 23.7 Å². The summed E-state index contributed by atoms with van der Waals surface area (Å²) in [5.74, 6) is 0.424. The number of carbonyl (C=O) groups is 1. The van der Waals surface area contributed by atoms with E-state index < -0.39 is 5.97 Å². The molecule has 128 valence electrons. The zero-order valence-corrected chi connectivity index (χ0v) is 13.8. The van der Waals surface area contributed by atoms with Crippen molar-refractivity contribution >= 4 is 11.7 Å². The highest BCUT2D eigenvalue weighted by atomic mass is 16.5. The molecule has 1 aromatic rings. The van der Waals surface area contributed by atoms with E-state index in [4.69, 9.17) is 24.7 Å². The molecular weight excluding hydrogens is 300 g/mol. The van der Waals surface area contributed by atoms with Crippen molar-refractivity contribution < 1.29 is 23.7 Å². The normalized spacial score (nSPS) is 19.0. The van der Waals surface area contributed by atoms with Crippen LogP contribution in [0.2, 0.25) is 0 Å². The van der Waals surface area contributed by atoms with E-state index in [2.05, 4.69) is 5.32 Å². The van der Waals surface area contributed by atoms with Gasteiger partial charge in [-0.05, 0) is 6.42 Å². The van der Waals surface area contributed by atoms with E-state index in [9.17, 15) is 4.79 Å². The van der Waals surface area contributed by atoms with Gasteiger partial charge in [-0.15, -0.1) is 0 Å². The number of methoxy groups -OCH3 is 2. The number of hydrogen-bond donors (Lipinski definition) is 2. The molecule has 1 fully saturated rings. The lowest BCUT2D eigenvalue weighted by Crippen LogP contribution is -2.50. The molecule has 0 bridgehead atoms. The lowest BCUT2D eigenvalue weighted by molar-refractivity contribution is 0.0259. The predicted molar refractivity (Wildman–Crippen MR) is 86.1 cm³/mol. The summed E-state index contributed by atoms with van der Waals surface area (Å²) in [5, 5.41) is 3.39. The summed E-state index contributed by atoms with van der Waals surface area (Å²) in [6, 6.07) is 3.23. The molecule has 0 amide bonds. The SMILES string of the molecule is CCC(Oc1cc(N)c(C(=O)OC)cc1OC)C1COCCN1. The monoisotopic (exact) mass is 324 g/mol. The smallest absolute Gasteiger partial charge is 0.340 e. The van der Waals surface area contributed by atoms with Crippen molar-refractivity contribution in [3.8, 4) is 11.5 Å². The summed E-state index contributed by atoms with van der Waals surface area (Å²) in [5.41, 5.74) is 6.48. The number of benzene rings is 1. The van der Waals surface area contributed by atoms with Crippen LogP contribution in [0.4, 0.5) is 5.69 Å². The summed E-state index contributed by atoms with van der Waals surface area (Å²) in [6.45, 7) is 4.14. The molecule has 0 saturated carbocycles. The van der Waals surface area contributed by atoms with Crippen molar-refractivity contribution in [3.63, 3.8) is 0 Å². The molecule has 3 N–H and O–H groups in total. The molecule has 7 heteroatoms. The number of ether oxygens (including phenoxy) is 4. The maximum Gasteiger partial charge on any atom is 0.340 e. The summed E-state index contributed by atoms with van der Waals surface area (Å²) in [4.78, 5) is 11.7. The number of rotatable bonds is 6. The van der Waals surface area contributed by atoms with Gasteiger partial charge in [0.15, 0.2) is 11.5 Å². The molecule has 1 heterocycles. The fourth-order valence-corrected chi connectivity index (χ4v) is 2.55. The van der Waals surface area contributed by atoms with Gasteiger partial charge in [0.05, 0.1) is 44.7 Å². The van der Waals surface area contributed by atoms with E-state index in [1.54, 1.807) is 6.07 Å². The fourth-order valence-electron chi connectivity index (χ4n) is 2.55. The van der Waals surface area contributed by atoms with Gasteiger partial charge in [0, 0.05) is 18.7 Å². The van der Waals surface area contributed by atoms with Crippen LogP contribution in [0.15, 0.2) is 12.1 Å². The van der Waals surface area contributed by atoms with Crippen molar-refractivity contribution in [2.24, 2.45) is 0 Å². The third-order valence-corrected chi connectivity index (χ3v) is 3.82. The van der Waals surface area contributed by atoms with Gasteiger partial charge in [-0.25, -0.2) is 4.79 Å². The Labute approximate surface area is 136 Å². The molecule has 0 radical (unpaired) electrons. The van der Waals surface area contributed by atoms with Gasteiger partial charge in [-0.1, -0.05) is 6.92 Å². The number of hydrogen-bond acceptors (Lipinski definition) is 7. The van der Waals surface area contributed by atoms with Gasteiger partial charge in [0.2, 0.25) is 0 Å². The van der Waals surface area contributed by atoms with Crippen LogP contribution in [-0.2, 0) is 9.47 Å². The van der Waals surface area contributed by atoms with Crippen LogP contribution in [0, 0.1) is 0 Å². The van der Waals surface area contributed by atoms with E-state index in [0.717, 1.165) is 13.0 Å². The van der Waals surface area contributed by atoms with Crippen LogP contribution in [0.3, 0.4) is 0 Å². The quantitative estimate of drug-likeness (QED) is 0.600. The van der Waals surface area contributed by atoms with Gasteiger partial charge < -0.3 is 30.0 Å². The van der Waals surface area contributed by atoms with Crippen molar-refractivity contribution in [2.75, 3.05) is 39.7 Å². The number of carbonyl (C=O) groups excluding carboxylic acids is 1. The molecule has 0 aromatic heterocycles. The molecule has 1 aliphatic heterocycles. The molecule has 23 heavy (non-hydrogen) atoms. The standard InChI is InChI=1S/C16H24N2O5/c1-4-13(12-9-22-6-5-18-12)23-15-8-11(17)10(16(19)21-3)7-14(15)20-2/h7-8,12-13,18H,4-6,9,17H2,1-3H3. The van der Waals surface area contributed by atoms with Gasteiger partial charge in [0.25, 0.3) is 0 Å². The largest absolute Gasteiger partial charge is 0.493 e. The lowest BCUT2D eigenvalue weighted by atomic mass is 10.1. The molecule has 7 nitrogen and oxygen atoms in total. The highest BCUT2D eigenvalue weighted by Gasteiger charge is 2.26. The van der Waals surface area contributed by atoms with Crippen molar-refractivity contribution in [1.29, 1.82) is 0 Å². The third kappa shape index (κ3) is 4.05. The van der Waals surface area contributed by atoms with Gasteiger partial charge in [-0.3, -0.25) is 0 Å². The second-order valence-electron chi connectivity index (χ2n) is 5.28. The van der Waals surface area contributed by atoms with Gasteiger partial charge >= 0.3 is 5.97 Å². The van der Waals surface area contributed by atoms with Crippen molar-refractivity contribution in [1.82, 2.24) is 5.32 Å². The summed E-state index contributed by atoms with van der Waals surface area (Å²) in [7, 11) is 2.82. The van der Waals surface area contributed by atoms with Gasteiger partial charge in [-0.2, -0.15) is 0 Å². The first-order chi connectivity index (χ1) is 11.1. The Morgan fingerprint density at radius 3 is 2.78 bits per heavy atom. The predicted octanol–water partition coefficient (Wildman–Crippen LogP) is 1.21. The van der Waals surface area contributed by atoms with Crippen molar-refractivity contribution in [2.45, 2.75) is 25.5 Å².